The van der Waals surface area contributed by atoms with Gasteiger partial charge in [-0.25, -0.2) is 4.98 Å². The molecule has 2 heterocycles. The Morgan fingerprint density at radius 1 is 1.26 bits per heavy atom. The molecule has 27 heavy (non-hydrogen) atoms. The van der Waals surface area contributed by atoms with Crippen LogP contribution in [0.2, 0.25) is 0 Å². The van der Waals surface area contributed by atoms with Crippen LogP contribution in [0.4, 0.5) is 5.13 Å². The van der Waals surface area contributed by atoms with E-state index < -0.39 is 0 Å². The van der Waals surface area contributed by atoms with Crippen LogP contribution in [0.1, 0.15) is 23.1 Å². The van der Waals surface area contributed by atoms with E-state index >= 15 is 0 Å². The van der Waals surface area contributed by atoms with Crippen molar-refractivity contribution in [3.05, 3.63) is 53.3 Å². The lowest BCUT2D eigenvalue weighted by molar-refractivity contribution is -0.115. The minimum atomic E-state index is -0.0933. The lowest BCUT2D eigenvalue weighted by Crippen LogP contribution is -2.13. The molecule has 0 aliphatic heterocycles. The van der Waals surface area contributed by atoms with E-state index in [1.165, 1.54) is 28.9 Å². The van der Waals surface area contributed by atoms with E-state index in [-0.39, 0.29) is 12.3 Å². The zero-order valence-corrected chi connectivity index (χ0v) is 15.7. The molecule has 1 aliphatic carbocycles. The summed E-state index contributed by atoms with van der Waals surface area (Å²) in [6.45, 7) is 0. The molecule has 0 spiro atoms. The monoisotopic (exact) mass is 378 g/mol. The standard InChI is InChI=1S/C21H18N2O3S/c1-25-15-5-6-17-19(10-15)27-21(22-17)23-20(24)9-14-11-26-18-8-13-4-2-3-12(13)7-16(14)18/h5-8,10-11H,2-4,9H2,1H3,(H,22,23,24). The third kappa shape index (κ3) is 2.96. The summed E-state index contributed by atoms with van der Waals surface area (Å²) >= 11 is 1.44. The maximum atomic E-state index is 12.5. The lowest BCUT2D eigenvalue weighted by Gasteiger charge is -2.02. The number of benzene rings is 2. The molecule has 5 nitrogen and oxygen atoms in total. The maximum absolute atomic E-state index is 12.5. The number of aromatic nitrogens is 1. The molecule has 0 unspecified atom stereocenters. The SMILES string of the molecule is COc1ccc2nc(NC(=O)Cc3coc4cc5c(cc34)CCC5)sc2c1. The molecule has 136 valence electrons. The summed E-state index contributed by atoms with van der Waals surface area (Å²) in [6.07, 6.45) is 5.38. The van der Waals surface area contributed by atoms with Crippen LogP contribution >= 0.6 is 11.3 Å². The Morgan fingerprint density at radius 3 is 2.96 bits per heavy atom. The Morgan fingerprint density at radius 2 is 2.11 bits per heavy atom. The Labute approximate surface area is 160 Å². The van der Waals surface area contributed by atoms with Crippen LogP contribution in [-0.2, 0) is 24.1 Å². The second-order valence-electron chi connectivity index (χ2n) is 6.81. The van der Waals surface area contributed by atoms with Crippen LogP contribution in [-0.4, -0.2) is 18.0 Å². The summed E-state index contributed by atoms with van der Waals surface area (Å²) in [4.78, 5) is 17.0. The van der Waals surface area contributed by atoms with Gasteiger partial charge in [-0.1, -0.05) is 11.3 Å². The largest absolute Gasteiger partial charge is 0.497 e. The van der Waals surface area contributed by atoms with Crippen LogP contribution in [0, 0.1) is 0 Å². The van der Waals surface area contributed by atoms with E-state index in [1.807, 2.05) is 18.2 Å². The van der Waals surface area contributed by atoms with Gasteiger partial charge in [-0.3, -0.25) is 4.79 Å². The van der Waals surface area contributed by atoms with Crippen molar-refractivity contribution in [2.45, 2.75) is 25.7 Å². The highest BCUT2D eigenvalue weighted by Crippen LogP contribution is 2.32. The number of thiazole rings is 1. The topological polar surface area (TPSA) is 64.4 Å². The highest BCUT2D eigenvalue weighted by Gasteiger charge is 2.17. The molecule has 0 saturated heterocycles. The Bertz CT molecular complexity index is 1180. The van der Waals surface area contributed by atoms with Gasteiger partial charge in [0.05, 0.1) is 30.0 Å². The van der Waals surface area contributed by atoms with Crippen molar-refractivity contribution in [1.29, 1.82) is 0 Å². The van der Waals surface area contributed by atoms with Gasteiger partial charge in [0.1, 0.15) is 11.3 Å². The number of methoxy groups -OCH3 is 1. The molecule has 0 saturated carbocycles. The molecule has 6 heteroatoms. The number of hydrogen-bond acceptors (Lipinski definition) is 5. The molecule has 5 rings (SSSR count). The maximum Gasteiger partial charge on any atom is 0.230 e. The zero-order valence-electron chi connectivity index (χ0n) is 14.9. The summed E-state index contributed by atoms with van der Waals surface area (Å²) in [7, 11) is 1.63. The Kier molecular flexibility index (Phi) is 3.86. The average molecular weight is 378 g/mol. The molecule has 1 amide bonds. The number of fused-ring (bicyclic) bond motifs is 3. The second kappa shape index (κ2) is 6.39. The molecule has 1 N–H and O–H groups in total. The smallest absolute Gasteiger partial charge is 0.230 e. The predicted molar refractivity (Wildman–Crippen MR) is 107 cm³/mol. The molecule has 0 atom stereocenters. The number of rotatable bonds is 4. The van der Waals surface area contributed by atoms with Crippen LogP contribution in [0.15, 0.2) is 41.0 Å². The first-order valence-electron chi connectivity index (χ1n) is 8.96. The zero-order chi connectivity index (χ0) is 18.4. The van der Waals surface area contributed by atoms with E-state index in [2.05, 4.69) is 22.4 Å². The fourth-order valence-electron chi connectivity index (χ4n) is 3.71. The number of nitrogens with one attached hydrogen (secondary N) is 1. The molecule has 1 aliphatic rings. The molecule has 0 bridgehead atoms. The summed E-state index contributed by atoms with van der Waals surface area (Å²) in [5, 5.41) is 4.55. The van der Waals surface area contributed by atoms with Crippen molar-refractivity contribution in [3.63, 3.8) is 0 Å². The summed E-state index contributed by atoms with van der Waals surface area (Å²) < 4.78 is 11.9. The van der Waals surface area contributed by atoms with Gasteiger partial charge in [-0.15, -0.1) is 0 Å². The molecular formula is C21H18N2O3S. The average Bonchev–Trinajstić information content (AvgIpc) is 3.37. The molecule has 4 aromatic rings. The first-order chi connectivity index (χ1) is 13.2. The van der Waals surface area contributed by atoms with Gasteiger partial charge in [0.15, 0.2) is 5.13 Å². The summed E-state index contributed by atoms with van der Waals surface area (Å²) in [6, 6.07) is 9.99. The first kappa shape index (κ1) is 16.3. The predicted octanol–water partition coefficient (Wildman–Crippen LogP) is 4.72. The highest BCUT2D eigenvalue weighted by atomic mass is 32.1. The van der Waals surface area contributed by atoms with Crippen LogP contribution < -0.4 is 10.1 Å². The summed E-state index contributed by atoms with van der Waals surface area (Å²) in [5.41, 5.74) is 5.38. The fourth-order valence-corrected chi connectivity index (χ4v) is 4.62. The van der Waals surface area contributed by atoms with E-state index in [4.69, 9.17) is 9.15 Å². The van der Waals surface area contributed by atoms with E-state index in [9.17, 15) is 4.79 Å². The Balaban J connectivity index is 1.37. The van der Waals surface area contributed by atoms with Gasteiger partial charge < -0.3 is 14.5 Å². The van der Waals surface area contributed by atoms with E-state index in [1.54, 1.807) is 13.4 Å². The third-order valence-electron chi connectivity index (χ3n) is 5.06. The van der Waals surface area contributed by atoms with Crippen molar-refractivity contribution in [2.75, 3.05) is 12.4 Å². The van der Waals surface area contributed by atoms with Crippen LogP contribution in [0.3, 0.4) is 0 Å². The van der Waals surface area contributed by atoms with Crippen molar-refractivity contribution in [2.24, 2.45) is 0 Å². The van der Waals surface area contributed by atoms with Crippen molar-refractivity contribution in [3.8, 4) is 5.75 Å². The van der Waals surface area contributed by atoms with Gasteiger partial charge in [0, 0.05) is 10.9 Å². The fraction of sp³-hybridized carbons (Fsp3) is 0.238. The number of nitrogens with zero attached hydrogens (tertiary/aromatic N) is 1. The minimum absolute atomic E-state index is 0.0933. The normalized spacial score (nSPS) is 13.2. The number of amides is 1. The van der Waals surface area contributed by atoms with E-state index in [0.29, 0.717) is 5.13 Å². The van der Waals surface area contributed by atoms with Gasteiger partial charge >= 0.3 is 0 Å². The molecular weight excluding hydrogens is 360 g/mol. The number of ether oxygens (including phenoxy) is 1. The van der Waals surface area contributed by atoms with Gasteiger partial charge in [0.25, 0.3) is 0 Å². The summed E-state index contributed by atoms with van der Waals surface area (Å²) in [5.74, 6) is 0.686. The number of carbonyl (C=O) groups excluding carboxylic acids is 1. The van der Waals surface area contributed by atoms with Crippen molar-refractivity contribution >= 4 is 43.6 Å². The molecule has 0 radical (unpaired) electrons. The number of aryl methyl sites for hydroxylation is 2. The first-order valence-corrected chi connectivity index (χ1v) is 9.77. The number of furan rings is 1. The van der Waals surface area contributed by atoms with Crippen LogP contribution in [0.5, 0.6) is 5.75 Å². The Hall–Kier alpha value is -2.86. The van der Waals surface area contributed by atoms with Gasteiger partial charge in [-0.05, 0) is 60.7 Å². The lowest BCUT2D eigenvalue weighted by atomic mass is 10.0. The number of carbonyl (C=O) groups is 1. The highest BCUT2D eigenvalue weighted by molar-refractivity contribution is 7.22. The minimum Gasteiger partial charge on any atom is -0.497 e. The number of anilines is 1. The van der Waals surface area contributed by atoms with Crippen molar-refractivity contribution in [1.82, 2.24) is 4.98 Å². The molecule has 2 aromatic heterocycles. The van der Waals surface area contributed by atoms with Crippen LogP contribution in [0.25, 0.3) is 21.2 Å². The van der Waals surface area contributed by atoms with Crippen molar-refractivity contribution < 1.29 is 13.9 Å². The number of hydrogen-bond donors (Lipinski definition) is 1. The van der Waals surface area contributed by atoms with Gasteiger partial charge in [-0.2, -0.15) is 0 Å². The molecule has 0 fully saturated rings. The third-order valence-corrected chi connectivity index (χ3v) is 5.99. The quantitative estimate of drug-likeness (QED) is 0.558. The van der Waals surface area contributed by atoms with Gasteiger partial charge in [0.2, 0.25) is 5.91 Å². The van der Waals surface area contributed by atoms with E-state index in [0.717, 1.165) is 45.3 Å². The second-order valence-corrected chi connectivity index (χ2v) is 7.84. The molecule has 2 aromatic carbocycles.